The summed E-state index contributed by atoms with van der Waals surface area (Å²) in [7, 11) is 1.75. The van der Waals surface area contributed by atoms with Crippen molar-refractivity contribution in [2.45, 2.75) is 19.3 Å². The smallest absolute Gasteiger partial charge is 0.190 e. The van der Waals surface area contributed by atoms with E-state index in [4.69, 9.17) is 16.3 Å². The first-order valence-electron chi connectivity index (χ1n) is 8.60. The standard InChI is InChI=1S/C19H24ClFN4O.HI/c1-22-19(24-12-10-15-4-9-18(20)25-14-15)23-11-2-3-13-26-17-7-5-16(21)6-8-17;/h4-9,14H,2-3,10-13H2,1H3,(H2,22,23,24);1H. The number of nitrogens with zero attached hydrogens (tertiary/aromatic N) is 2. The number of rotatable bonds is 9. The molecule has 0 saturated heterocycles. The lowest BCUT2D eigenvalue weighted by molar-refractivity contribution is 0.306. The molecule has 0 unspecified atom stereocenters. The molecule has 0 aliphatic rings. The Balaban J connectivity index is 0.00000364. The molecule has 1 heterocycles. The number of ether oxygens (including phenoxy) is 1. The van der Waals surface area contributed by atoms with E-state index in [1.807, 2.05) is 6.07 Å². The van der Waals surface area contributed by atoms with Crippen molar-refractivity contribution in [3.05, 3.63) is 59.1 Å². The fourth-order valence-corrected chi connectivity index (χ4v) is 2.37. The summed E-state index contributed by atoms with van der Waals surface area (Å²) in [6, 6.07) is 9.82. The van der Waals surface area contributed by atoms with Gasteiger partial charge in [0.05, 0.1) is 6.61 Å². The van der Waals surface area contributed by atoms with Crippen molar-refractivity contribution in [2.75, 3.05) is 26.7 Å². The Morgan fingerprint density at radius 2 is 1.85 bits per heavy atom. The number of guanidine groups is 1. The van der Waals surface area contributed by atoms with Crippen LogP contribution in [0.5, 0.6) is 5.75 Å². The minimum absolute atomic E-state index is 0. The molecule has 1 aromatic carbocycles. The summed E-state index contributed by atoms with van der Waals surface area (Å²) >= 11 is 5.77. The van der Waals surface area contributed by atoms with E-state index in [0.29, 0.717) is 17.5 Å². The molecular formula is C19H25ClFIN4O. The number of aliphatic imine (C=N–C) groups is 1. The molecular weight excluding hydrogens is 482 g/mol. The maximum atomic E-state index is 12.8. The van der Waals surface area contributed by atoms with Gasteiger partial charge in [-0.2, -0.15) is 0 Å². The molecule has 2 aromatic rings. The van der Waals surface area contributed by atoms with Crippen LogP contribution >= 0.6 is 35.6 Å². The lowest BCUT2D eigenvalue weighted by Gasteiger charge is -2.12. The average molecular weight is 507 g/mol. The van der Waals surface area contributed by atoms with Crippen molar-refractivity contribution >= 4 is 41.5 Å². The molecule has 0 aliphatic heterocycles. The number of nitrogens with one attached hydrogen (secondary N) is 2. The quantitative estimate of drug-likeness (QED) is 0.177. The van der Waals surface area contributed by atoms with E-state index >= 15 is 0 Å². The monoisotopic (exact) mass is 506 g/mol. The molecule has 0 bridgehead atoms. The van der Waals surface area contributed by atoms with Crippen LogP contribution in [0.2, 0.25) is 5.15 Å². The van der Waals surface area contributed by atoms with Gasteiger partial charge in [0.15, 0.2) is 5.96 Å². The van der Waals surface area contributed by atoms with Crippen molar-refractivity contribution < 1.29 is 9.13 Å². The first-order valence-corrected chi connectivity index (χ1v) is 8.98. The molecule has 0 amide bonds. The zero-order valence-electron chi connectivity index (χ0n) is 15.3. The van der Waals surface area contributed by atoms with E-state index in [1.54, 1.807) is 31.4 Å². The second-order valence-electron chi connectivity index (χ2n) is 5.67. The lowest BCUT2D eigenvalue weighted by Crippen LogP contribution is -2.38. The van der Waals surface area contributed by atoms with Gasteiger partial charge in [0.25, 0.3) is 0 Å². The van der Waals surface area contributed by atoms with Gasteiger partial charge in [-0.05, 0) is 55.2 Å². The second kappa shape index (κ2) is 13.5. The first kappa shape index (κ1) is 23.4. The number of hydrogen-bond acceptors (Lipinski definition) is 3. The summed E-state index contributed by atoms with van der Waals surface area (Å²) in [5.41, 5.74) is 1.12. The second-order valence-corrected chi connectivity index (χ2v) is 6.06. The highest BCUT2D eigenvalue weighted by Gasteiger charge is 1.99. The molecule has 0 spiro atoms. The van der Waals surface area contributed by atoms with Crippen molar-refractivity contribution in [2.24, 2.45) is 4.99 Å². The summed E-state index contributed by atoms with van der Waals surface area (Å²) in [6.07, 6.45) is 4.47. The van der Waals surface area contributed by atoms with Crippen LogP contribution in [0, 0.1) is 5.82 Å². The predicted molar refractivity (Wildman–Crippen MR) is 119 cm³/mol. The molecule has 0 saturated carbocycles. The Morgan fingerprint density at radius 1 is 1.11 bits per heavy atom. The van der Waals surface area contributed by atoms with Crippen molar-refractivity contribution in [3.63, 3.8) is 0 Å². The molecule has 0 radical (unpaired) electrons. The number of halogens is 3. The molecule has 0 fully saturated rings. The van der Waals surface area contributed by atoms with Gasteiger partial charge in [-0.3, -0.25) is 4.99 Å². The highest BCUT2D eigenvalue weighted by Crippen LogP contribution is 2.11. The number of pyridine rings is 1. The van der Waals surface area contributed by atoms with Crippen molar-refractivity contribution in [1.29, 1.82) is 0 Å². The van der Waals surface area contributed by atoms with Gasteiger partial charge in [-0.1, -0.05) is 17.7 Å². The zero-order valence-corrected chi connectivity index (χ0v) is 18.3. The van der Waals surface area contributed by atoms with E-state index in [1.165, 1.54) is 12.1 Å². The van der Waals surface area contributed by atoms with Gasteiger partial charge in [-0.15, -0.1) is 24.0 Å². The fourth-order valence-electron chi connectivity index (χ4n) is 2.25. The van der Waals surface area contributed by atoms with Gasteiger partial charge in [-0.25, -0.2) is 9.37 Å². The third kappa shape index (κ3) is 9.76. The molecule has 2 rings (SSSR count). The van der Waals surface area contributed by atoms with Crippen LogP contribution in [-0.2, 0) is 6.42 Å². The summed E-state index contributed by atoms with van der Waals surface area (Å²) in [5.74, 6) is 1.20. The molecule has 148 valence electrons. The van der Waals surface area contributed by atoms with Crippen LogP contribution in [0.4, 0.5) is 4.39 Å². The first-order chi connectivity index (χ1) is 12.7. The lowest BCUT2D eigenvalue weighted by atomic mass is 10.2. The van der Waals surface area contributed by atoms with Crippen LogP contribution in [0.1, 0.15) is 18.4 Å². The Morgan fingerprint density at radius 3 is 2.52 bits per heavy atom. The third-order valence-electron chi connectivity index (χ3n) is 3.66. The van der Waals surface area contributed by atoms with Crippen LogP contribution in [0.3, 0.4) is 0 Å². The topological polar surface area (TPSA) is 58.5 Å². The summed E-state index contributed by atoms with van der Waals surface area (Å²) < 4.78 is 18.4. The van der Waals surface area contributed by atoms with Crippen LogP contribution < -0.4 is 15.4 Å². The minimum Gasteiger partial charge on any atom is -0.494 e. The zero-order chi connectivity index (χ0) is 18.6. The summed E-state index contributed by atoms with van der Waals surface area (Å²) in [5, 5.41) is 7.04. The van der Waals surface area contributed by atoms with Crippen LogP contribution in [0.15, 0.2) is 47.6 Å². The largest absolute Gasteiger partial charge is 0.494 e. The molecule has 1 aromatic heterocycles. The summed E-state index contributed by atoms with van der Waals surface area (Å²) in [4.78, 5) is 8.26. The summed E-state index contributed by atoms with van der Waals surface area (Å²) in [6.45, 7) is 2.16. The maximum Gasteiger partial charge on any atom is 0.190 e. The highest BCUT2D eigenvalue weighted by atomic mass is 127. The van der Waals surface area contributed by atoms with Gasteiger partial charge in [0.2, 0.25) is 0 Å². The molecule has 5 nitrogen and oxygen atoms in total. The van der Waals surface area contributed by atoms with Gasteiger partial charge in [0, 0.05) is 26.3 Å². The maximum absolute atomic E-state index is 12.8. The third-order valence-corrected chi connectivity index (χ3v) is 3.89. The average Bonchev–Trinajstić information content (AvgIpc) is 2.66. The van der Waals surface area contributed by atoms with E-state index in [0.717, 1.165) is 43.9 Å². The van der Waals surface area contributed by atoms with E-state index in [2.05, 4.69) is 20.6 Å². The molecule has 0 aliphatic carbocycles. The van der Waals surface area contributed by atoms with E-state index < -0.39 is 0 Å². The number of hydrogen-bond donors (Lipinski definition) is 2. The number of benzene rings is 1. The van der Waals surface area contributed by atoms with Gasteiger partial charge >= 0.3 is 0 Å². The molecule has 0 atom stereocenters. The van der Waals surface area contributed by atoms with Crippen LogP contribution in [-0.4, -0.2) is 37.7 Å². The normalized spacial score (nSPS) is 10.9. The van der Waals surface area contributed by atoms with Gasteiger partial charge < -0.3 is 15.4 Å². The molecule has 2 N–H and O–H groups in total. The van der Waals surface area contributed by atoms with Crippen molar-refractivity contribution in [3.8, 4) is 5.75 Å². The SMILES string of the molecule is CN=C(NCCCCOc1ccc(F)cc1)NCCc1ccc(Cl)nc1.I. The van der Waals surface area contributed by atoms with E-state index in [9.17, 15) is 4.39 Å². The number of unbranched alkanes of at least 4 members (excludes halogenated alkanes) is 1. The minimum atomic E-state index is -0.257. The Bertz CT molecular complexity index is 683. The Hall–Kier alpha value is -1.61. The fraction of sp³-hybridized carbons (Fsp3) is 0.368. The molecule has 8 heteroatoms. The number of aromatic nitrogens is 1. The van der Waals surface area contributed by atoms with E-state index in [-0.39, 0.29) is 29.8 Å². The van der Waals surface area contributed by atoms with Gasteiger partial charge in [0.1, 0.15) is 16.7 Å². The Labute approximate surface area is 181 Å². The van der Waals surface area contributed by atoms with Crippen molar-refractivity contribution in [1.82, 2.24) is 15.6 Å². The molecule has 27 heavy (non-hydrogen) atoms. The highest BCUT2D eigenvalue weighted by molar-refractivity contribution is 14.0. The van der Waals surface area contributed by atoms with Crippen LogP contribution in [0.25, 0.3) is 0 Å². The predicted octanol–water partition coefficient (Wildman–Crippen LogP) is 4.06. The Kier molecular flexibility index (Phi) is 11.8.